The highest BCUT2D eigenvalue weighted by Crippen LogP contribution is 2.18. The molecule has 2 rings (SSSR count). The Morgan fingerprint density at radius 1 is 1.57 bits per heavy atom. The predicted molar refractivity (Wildman–Crippen MR) is 58.4 cm³/mol. The van der Waals surface area contributed by atoms with Gasteiger partial charge >= 0.3 is 0 Å². The fraction of sp³-hybridized carbons (Fsp3) is 0.545. The first kappa shape index (κ1) is 9.46. The number of pyridine rings is 1. The molecule has 2 unspecified atom stereocenters. The van der Waals surface area contributed by atoms with Gasteiger partial charge in [-0.2, -0.15) is 0 Å². The molecule has 0 radical (unpaired) electrons. The number of likely N-dealkylation sites (tertiary alicyclic amines) is 1. The van der Waals surface area contributed by atoms with Crippen molar-refractivity contribution in [2.45, 2.75) is 25.4 Å². The van der Waals surface area contributed by atoms with Crippen molar-refractivity contribution in [1.29, 1.82) is 0 Å². The van der Waals surface area contributed by atoms with Crippen molar-refractivity contribution in [1.82, 2.24) is 9.88 Å². The van der Waals surface area contributed by atoms with Gasteiger partial charge in [0.15, 0.2) is 0 Å². The summed E-state index contributed by atoms with van der Waals surface area (Å²) in [7, 11) is 2.18. The Bertz CT molecular complexity index is 276. The highest BCUT2D eigenvalue weighted by Gasteiger charge is 2.25. The molecular weight excluding hydrogens is 174 g/mol. The van der Waals surface area contributed by atoms with Gasteiger partial charge in [-0.3, -0.25) is 4.98 Å². The molecule has 1 fully saturated rings. The van der Waals surface area contributed by atoms with E-state index in [1.165, 1.54) is 6.42 Å². The van der Waals surface area contributed by atoms with E-state index < -0.39 is 0 Å². The summed E-state index contributed by atoms with van der Waals surface area (Å²) in [5.41, 5.74) is 1.13. The van der Waals surface area contributed by atoms with Gasteiger partial charge in [-0.05, 0) is 32.5 Å². The molecule has 0 bridgehead atoms. The second-order valence-corrected chi connectivity index (χ2v) is 4.11. The number of rotatable bonds is 2. The highest BCUT2D eigenvalue weighted by atomic mass is 15.2. The number of nitrogens with zero attached hydrogens (tertiary/aromatic N) is 2. The first-order valence-electron chi connectivity index (χ1n) is 5.12. The van der Waals surface area contributed by atoms with E-state index in [1.807, 2.05) is 12.3 Å². The van der Waals surface area contributed by atoms with E-state index in [0.717, 1.165) is 12.2 Å². The van der Waals surface area contributed by atoms with Gasteiger partial charge in [0, 0.05) is 31.0 Å². The van der Waals surface area contributed by atoms with Crippen LogP contribution in [0.3, 0.4) is 0 Å². The van der Waals surface area contributed by atoms with Gasteiger partial charge in [0.25, 0.3) is 0 Å². The molecule has 14 heavy (non-hydrogen) atoms. The van der Waals surface area contributed by atoms with E-state index in [2.05, 4.69) is 35.2 Å². The van der Waals surface area contributed by atoms with E-state index in [9.17, 15) is 0 Å². The van der Waals surface area contributed by atoms with Gasteiger partial charge < -0.3 is 10.2 Å². The lowest BCUT2D eigenvalue weighted by Crippen LogP contribution is -2.24. The molecule has 0 amide bonds. The maximum atomic E-state index is 4.09. The fourth-order valence-corrected chi connectivity index (χ4v) is 1.98. The Balaban J connectivity index is 1.94. The molecule has 2 heterocycles. The molecule has 0 spiro atoms. The molecule has 0 saturated carbocycles. The summed E-state index contributed by atoms with van der Waals surface area (Å²) in [6.45, 7) is 3.39. The third-order valence-electron chi connectivity index (χ3n) is 2.92. The summed E-state index contributed by atoms with van der Waals surface area (Å²) < 4.78 is 0. The molecule has 1 N–H and O–H groups in total. The SMILES string of the molecule is CC1CC(Nc2cccnc2)CN1C. The minimum absolute atomic E-state index is 0.569. The van der Waals surface area contributed by atoms with Crippen LogP contribution in [0, 0.1) is 0 Å². The minimum Gasteiger partial charge on any atom is -0.380 e. The van der Waals surface area contributed by atoms with Crippen LogP contribution < -0.4 is 5.32 Å². The van der Waals surface area contributed by atoms with Crippen molar-refractivity contribution in [2.75, 3.05) is 18.9 Å². The average molecular weight is 191 g/mol. The molecule has 1 aliphatic rings. The Morgan fingerprint density at radius 2 is 2.43 bits per heavy atom. The van der Waals surface area contributed by atoms with Crippen LogP contribution in [-0.2, 0) is 0 Å². The number of anilines is 1. The van der Waals surface area contributed by atoms with E-state index in [-0.39, 0.29) is 0 Å². The van der Waals surface area contributed by atoms with Crippen LogP contribution in [0.4, 0.5) is 5.69 Å². The quantitative estimate of drug-likeness (QED) is 0.769. The predicted octanol–water partition coefficient (Wildman–Crippen LogP) is 1.59. The standard InChI is InChI=1S/C11H17N3/c1-9-6-11(8-14(9)2)13-10-4-3-5-12-7-10/h3-5,7,9,11,13H,6,8H2,1-2H3. The molecule has 1 aliphatic heterocycles. The third-order valence-corrected chi connectivity index (χ3v) is 2.92. The van der Waals surface area contributed by atoms with Gasteiger partial charge in [0.05, 0.1) is 5.69 Å². The van der Waals surface area contributed by atoms with Crippen molar-refractivity contribution in [2.24, 2.45) is 0 Å². The second kappa shape index (κ2) is 3.96. The zero-order valence-corrected chi connectivity index (χ0v) is 8.77. The Hall–Kier alpha value is -1.09. The normalized spacial score (nSPS) is 27.9. The average Bonchev–Trinajstić information content (AvgIpc) is 2.47. The molecule has 76 valence electrons. The smallest absolute Gasteiger partial charge is 0.0529 e. The van der Waals surface area contributed by atoms with Crippen LogP contribution in [0.2, 0.25) is 0 Å². The summed E-state index contributed by atoms with van der Waals surface area (Å²) in [5.74, 6) is 0. The Morgan fingerprint density at radius 3 is 3.00 bits per heavy atom. The molecule has 1 aromatic heterocycles. The topological polar surface area (TPSA) is 28.2 Å². The van der Waals surface area contributed by atoms with Gasteiger partial charge in [-0.1, -0.05) is 0 Å². The molecule has 0 aromatic carbocycles. The van der Waals surface area contributed by atoms with Crippen molar-refractivity contribution in [3.8, 4) is 0 Å². The molecule has 0 aliphatic carbocycles. The van der Waals surface area contributed by atoms with Crippen LogP contribution in [-0.4, -0.2) is 35.6 Å². The van der Waals surface area contributed by atoms with Crippen LogP contribution in [0.15, 0.2) is 24.5 Å². The van der Waals surface area contributed by atoms with E-state index in [1.54, 1.807) is 6.20 Å². The third kappa shape index (κ3) is 2.04. The molecular formula is C11H17N3. The van der Waals surface area contributed by atoms with E-state index in [0.29, 0.717) is 12.1 Å². The van der Waals surface area contributed by atoms with Crippen LogP contribution >= 0.6 is 0 Å². The Labute approximate surface area is 85.1 Å². The van der Waals surface area contributed by atoms with E-state index in [4.69, 9.17) is 0 Å². The fourth-order valence-electron chi connectivity index (χ4n) is 1.98. The zero-order chi connectivity index (χ0) is 9.97. The number of hydrogen-bond donors (Lipinski definition) is 1. The zero-order valence-electron chi connectivity index (χ0n) is 8.77. The van der Waals surface area contributed by atoms with Crippen LogP contribution in [0.5, 0.6) is 0 Å². The summed E-state index contributed by atoms with van der Waals surface area (Å²) in [6, 6.07) is 5.28. The molecule has 3 heteroatoms. The van der Waals surface area contributed by atoms with Gasteiger partial charge in [0.1, 0.15) is 0 Å². The first-order valence-corrected chi connectivity index (χ1v) is 5.12. The maximum absolute atomic E-state index is 4.09. The van der Waals surface area contributed by atoms with Crippen molar-refractivity contribution < 1.29 is 0 Å². The van der Waals surface area contributed by atoms with Crippen LogP contribution in [0.25, 0.3) is 0 Å². The molecule has 1 saturated heterocycles. The first-order chi connectivity index (χ1) is 6.75. The van der Waals surface area contributed by atoms with Crippen molar-refractivity contribution in [3.63, 3.8) is 0 Å². The summed E-state index contributed by atoms with van der Waals surface area (Å²) >= 11 is 0. The lowest BCUT2D eigenvalue weighted by atomic mass is 10.2. The lowest BCUT2D eigenvalue weighted by Gasteiger charge is -2.13. The van der Waals surface area contributed by atoms with Gasteiger partial charge in [0.2, 0.25) is 0 Å². The highest BCUT2D eigenvalue weighted by molar-refractivity contribution is 5.41. The Kier molecular flexibility index (Phi) is 2.68. The molecule has 2 atom stereocenters. The monoisotopic (exact) mass is 191 g/mol. The summed E-state index contributed by atoms with van der Waals surface area (Å²) in [5, 5.41) is 3.50. The molecule has 3 nitrogen and oxygen atoms in total. The summed E-state index contributed by atoms with van der Waals surface area (Å²) in [4.78, 5) is 6.47. The molecule has 1 aromatic rings. The lowest BCUT2D eigenvalue weighted by molar-refractivity contribution is 0.330. The second-order valence-electron chi connectivity index (χ2n) is 4.11. The number of aromatic nitrogens is 1. The number of hydrogen-bond acceptors (Lipinski definition) is 3. The number of likely N-dealkylation sites (N-methyl/N-ethyl adjacent to an activating group) is 1. The van der Waals surface area contributed by atoms with Gasteiger partial charge in [-0.15, -0.1) is 0 Å². The van der Waals surface area contributed by atoms with Crippen molar-refractivity contribution in [3.05, 3.63) is 24.5 Å². The summed E-state index contributed by atoms with van der Waals surface area (Å²) in [6.07, 6.45) is 4.89. The largest absolute Gasteiger partial charge is 0.380 e. The minimum atomic E-state index is 0.569. The number of nitrogens with one attached hydrogen (secondary N) is 1. The van der Waals surface area contributed by atoms with Gasteiger partial charge in [-0.25, -0.2) is 0 Å². The maximum Gasteiger partial charge on any atom is 0.0529 e. The van der Waals surface area contributed by atoms with E-state index >= 15 is 0 Å². The van der Waals surface area contributed by atoms with Crippen LogP contribution in [0.1, 0.15) is 13.3 Å². The van der Waals surface area contributed by atoms with Crippen molar-refractivity contribution >= 4 is 5.69 Å².